The van der Waals surface area contributed by atoms with E-state index in [2.05, 4.69) is 121 Å². The highest BCUT2D eigenvalue weighted by atomic mass is 32.1. The summed E-state index contributed by atoms with van der Waals surface area (Å²) in [7, 11) is 0. The van der Waals surface area contributed by atoms with Crippen molar-refractivity contribution in [1.29, 1.82) is 0 Å². The molecule has 0 bridgehead atoms. The molecule has 0 unspecified atom stereocenters. The minimum Gasteiger partial charge on any atom is -0.352 e. The summed E-state index contributed by atoms with van der Waals surface area (Å²) in [4.78, 5) is 17.7. The van der Waals surface area contributed by atoms with Crippen LogP contribution in [0.15, 0.2) is 86.0 Å². The van der Waals surface area contributed by atoms with Gasteiger partial charge < -0.3 is 20.0 Å². The summed E-state index contributed by atoms with van der Waals surface area (Å²) < 4.78 is 1.17. The van der Waals surface area contributed by atoms with Crippen LogP contribution in [-0.2, 0) is 19.4 Å². The van der Waals surface area contributed by atoms with Gasteiger partial charge in [0.15, 0.2) is 5.13 Å². The van der Waals surface area contributed by atoms with Crippen LogP contribution in [0, 0.1) is 6.92 Å². The zero-order chi connectivity index (χ0) is 34.6. The first-order valence-corrected chi connectivity index (χ1v) is 19.1. The molecule has 0 saturated carbocycles. The number of aromatic nitrogens is 2. The predicted octanol–water partition coefficient (Wildman–Crippen LogP) is 9.31. The molecule has 0 radical (unpaired) electrons. The highest BCUT2D eigenvalue weighted by Gasteiger charge is 2.23. The number of aryl methyl sites for hydroxylation is 1. The number of unbranched alkanes of at least 4 members (excludes halogenated alkanes) is 1. The van der Waals surface area contributed by atoms with Gasteiger partial charge in [0.2, 0.25) is 0 Å². The molecule has 0 amide bonds. The fraction of sp³-hybridized carbons (Fsp3) is 0.349. The molecular formula is C43H50N6S. The minimum atomic E-state index is 0.775. The molecule has 1 saturated heterocycles. The molecule has 7 heteroatoms. The standard InChI is InChI=1S/C43H50N6S/c1-6-47-25-27-48(28-26-47)23-10-9-13-33-14-11-16-35(31(33)4)37-20-21-41(46-42(37)30(2)3)49-24-22-34-15-12-17-36(38(34)29-49)32(5)44-43-45-39-18-7-8-19-40(39)50-43/h7-8,11-12,14-21H,2,5-6,9-10,13,22-29H2,1,3-4H3,(H,44,45). The lowest BCUT2D eigenvalue weighted by Crippen LogP contribution is -2.46. The van der Waals surface area contributed by atoms with E-state index in [9.17, 15) is 0 Å². The van der Waals surface area contributed by atoms with E-state index in [0.29, 0.717) is 0 Å². The van der Waals surface area contributed by atoms with Gasteiger partial charge in [-0.15, -0.1) is 0 Å². The van der Waals surface area contributed by atoms with Gasteiger partial charge in [0.05, 0.1) is 15.9 Å². The van der Waals surface area contributed by atoms with Crippen LogP contribution in [0.25, 0.3) is 32.6 Å². The van der Waals surface area contributed by atoms with Crippen LogP contribution in [0.3, 0.4) is 0 Å². The van der Waals surface area contributed by atoms with Crippen molar-refractivity contribution in [2.24, 2.45) is 0 Å². The highest BCUT2D eigenvalue weighted by Crippen LogP contribution is 2.36. The van der Waals surface area contributed by atoms with E-state index in [1.165, 1.54) is 90.2 Å². The molecule has 2 aliphatic rings. The summed E-state index contributed by atoms with van der Waals surface area (Å²) in [5, 5.41) is 4.38. The second-order valence-corrected chi connectivity index (χ2v) is 14.9. The van der Waals surface area contributed by atoms with Crippen molar-refractivity contribution >= 4 is 43.8 Å². The minimum absolute atomic E-state index is 0.775. The summed E-state index contributed by atoms with van der Waals surface area (Å²) in [5.41, 5.74) is 12.9. The average molecular weight is 683 g/mol. The second-order valence-electron chi connectivity index (χ2n) is 13.9. The van der Waals surface area contributed by atoms with E-state index in [1.54, 1.807) is 11.3 Å². The fourth-order valence-corrected chi connectivity index (χ4v) is 8.47. The van der Waals surface area contributed by atoms with Gasteiger partial charge >= 0.3 is 0 Å². The number of hydrogen-bond donors (Lipinski definition) is 1. The molecule has 3 aromatic carbocycles. The Kier molecular flexibility index (Phi) is 10.5. The zero-order valence-corrected chi connectivity index (χ0v) is 30.8. The van der Waals surface area contributed by atoms with Gasteiger partial charge in [0.25, 0.3) is 0 Å². The first-order chi connectivity index (χ1) is 24.4. The Morgan fingerprint density at radius 2 is 1.64 bits per heavy atom. The summed E-state index contributed by atoms with van der Waals surface area (Å²) in [6, 6.07) is 26.1. The second kappa shape index (κ2) is 15.3. The Balaban J connectivity index is 1.06. The zero-order valence-electron chi connectivity index (χ0n) is 30.0. The number of benzene rings is 3. The Morgan fingerprint density at radius 3 is 2.44 bits per heavy atom. The van der Waals surface area contributed by atoms with E-state index in [0.717, 1.165) is 64.9 Å². The molecule has 50 heavy (non-hydrogen) atoms. The van der Waals surface area contributed by atoms with Crippen molar-refractivity contribution in [3.8, 4) is 11.1 Å². The fourth-order valence-electron chi connectivity index (χ4n) is 7.57. The number of piperazine rings is 1. The van der Waals surface area contributed by atoms with E-state index >= 15 is 0 Å². The highest BCUT2D eigenvalue weighted by molar-refractivity contribution is 7.22. The van der Waals surface area contributed by atoms with Gasteiger partial charge in [-0.1, -0.05) is 79.9 Å². The van der Waals surface area contributed by atoms with Crippen molar-refractivity contribution in [2.45, 2.75) is 53.0 Å². The Hall–Kier alpha value is -4.30. The van der Waals surface area contributed by atoms with Gasteiger partial charge in [-0.25, -0.2) is 9.97 Å². The lowest BCUT2D eigenvalue weighted by Gasteiger charge is -2.34. The van der Waals surface area contributed by atoms with Crippen LogP contribution < -0.4 is 10.2 Å². The molecule has 0 atom stereocenters. The number of nitrogens with zero attached hydrogens (tertiary/aromatic N) is 5. The van der Waals surface area contributed by atoms with E-state index in [1.807, 2.05) is 6.07 Å². The van der Waals surface area contributed by atoms with Crippen molar-refractivity contribution < 1.29 is 0 Å². The summed E-state index contributed by atoms with van der Waals surface area (Å²) in [6.45, 7) is 24.4. The van der Waals surface area contributed by atoms with E-state index in [-0.39, 0.29) is 0 Å². The number of anilines is 2. The third kappa shape index (κ3) is 7.41. The third-order valence-electron chi connectivity index (χ3n) is 10.6. The number of allylic oxidation sites excluding steroid dienone is 1. The molecule has 0 aliphatic carbocycles. The molecule has 6 nitrogen and oxygen atoms in total. The van der Waals surface area contributed by atoms with Crippen molar-refractivity contribution in [3.05, 3.63) is 119 Å². The summed E-state index contributed by atoms with van der Waals surface area (Å²) >= 11 is 1.66. The third-order valence-corrected chi connectivity index (χ3v) is 11.5. The van der Waals surface area contributed by atoms with Gasteiger partial charge in [-0.05, 0) is 110 Å². The molecule has 1 fully saturated rings. The molecule has 4 heterocycles. The first-order valence-electron chi connectivity index (χ1n) is 18.3. The number of rotatable bonds is 12. The largest absolute Gasteiger partial charge is 0.352 e. The summed E-state index contributed by atoms with van der Waals surface area (Å²) in [6.07, 6.45) is 4.52. The van der Waals surface area contributed by atoms with Crippen LogP contribution in [0.1, 0.15) is 60.2 Å². The number of thiazole rings is 1. The lowest BCUT2D eigenvalue weighted by atomic mass is 9.91. The van der Waals surface area contributed by atoms with E-state index in [4.69, 9.17) is 9.97 Å². The number of pyridine rings is 1. The molecular weight excluding hydrogens is 633 g/mol. The first kappa shape index (κ1) is 34.2. The Labute approximate surface area is 302 Å². The van der Waals surface area contributed by atoms with Crippen LogP contribution >= 0.6 is 11.3 Å². The monoisotopic (exact) mass is 682 g/mol. The summed E-state index contributed by atoms with van der Waals surface area (Å²) in [5.74, 6) is 0.991. The Bertz CT molecular complexity index is 1970. The topological polar surface area (TPSA) is 47.5 Å². The number of nitrogens with one attached hydrogen (secondary N) is 1. The van der Waals surface area contributed by atoms with Gasteiger partial charge in [-0.2, -0.15) is 0 Å². The maximum atomic E-state index is 5.29. The molecule has 2 aromatic heterocycles. The number of para-hydroxylation sites is 1. The molecule has 258 valence electrons. The molecule has 1 N–H and O–H groups in total. The SMILES string of the molecule is C=C(Nc1nc2ccccc2s1)c1cccc2c1CN(c1ccc(-c3cccc(CCCCN4CCN(CC)CC4)c3C)c(C(=C)C)n1)CC2. The van der Waals surface area contributed by atoms with Crippen LogP contribution in [0.5, 0.6) is 0 Å². The maximum Gasteiger partial charge on any atom is 0.188 e. The maximum absolute atomic E-state index is 5.29. The lowest BCUT2D eigenvalue weighted by molar-refractivity contribution is 0.136. The number of fused-ring (bicyclic) bond motifs is 2. The van der Waals surface area contributed by atoms with Crippen molar-refractivity contribution in [2.75, 3.05) is 56.0 Å². The van der Waals surface area contributed by atoms with Gasteiger partial charge in [0, 0.05) is 56.1 Å². The molecule has 2 aliphatic heterocycles. The van der Waals surface area contributed by atoms with Crippen LogP contribution in [0.4, 0.5) is 10.9 Å². The van der Waals surface area contributed by atoms with Crippen LogP contribution in [-0.4, -0.2) is 65.6 Å². The van der Waals surface area contributed by atoms with Crippen molar-refractivity contribution in [1.82, 2.24) is 19.8 Å². The smallest absolute Gasteiger partial charge is 0.188 e. The normalized spacial score (nSPS) is 15.3. The predicted molar refractivity (Wildman–Crippen MR) is 214 cm³/mol. The Morgan fingerprint density at radius 1 is 0.840 bits per heavy atom. The number of likely N-dealkylation sites (N-methyl/N-ethyl adjacent to an activating group) is 1. The van der Waals surface area contributed by atoms with E-state index < -0.39 is 0 Å². The quantitative estimate of drug-likeness (QED) is 0.132. The average Bonchev–Trinajstić information content (AvgIpc) is 3.56. The number of hydrogen-bond acceptors (Lipinski definition) is 7. The molecule has 5 aromatic rings. The van der Waals surface area contributed by atoms with Crippen LogP contribution in [0.2, 0.25) is 0 Å². The van der Waals surface area contributed by atoms with Gasteiger partial charge in [-0.3, -0.25) is 0 Å². The van der Waals surface area contributed by atoms with Crippen molar-refractivity contribution in [3.63, 3.8) is 0 Å². The molecule has 0 spiro atoms. The molecule has 7 rings (SSSR count). The van der Waals surface area contributed by atoms with Gasteiger partial charge in [0.1, 0.15) is 5.82 Å².